The maximum Gasteiger partial charge on any atom is 0.344 e. The Kier molecular flexibility index (Phi) is 6.12. The molecule has 0 aliphatic rings. The van der Waals surface area contributed by atoms with Gasteiger partial charge in [-0.05, 0) is 98.2 Å². The highest BCUT2D eigenvalue weighted by Gasteiger charge is 2.32. The standard InChI is InChI=1S/C30H26O6S/c1-14-10-20-22(12-16(14)3)35-29(33)25(27(20)31)24(18-6-8-19(37-5)9-7-18)26-28(32)21-11-15(2)17(4)13-23(21)36-30(26)34/h6-13,24,31-32H,1-5H3. The smallest absolute Gasteiger partial charge is 0.344 e. The third-order valence-corrected chi connectivity index (χ3v) is 7.83. The minimum absolute atomic E-state index is 0.140. The van der Waals surface area contributed by atoms with E-state index in [0.29, 0.717) is 16.3 Å². The van der Waals surface area contributed by atoms with Crippen LogP contribution in [0.1, 0.15) is 44.9 Å². The van der Waals surface area contributed by atoms with Crippen molar-refractivity contribution >= 4 is 33.7 Å². The highest BCUT2D eigenvalue weighted by atomic mass is 32.2. The lowest BCUT2D eigenvalue weighted by Gasteiger charge is -2.20. The maximum absolute atomic E-state index is 13.4. The lowest BCUT2D eigenvalue weighted by atomic mass is 9.84. The summed E-state index contributed by atoms with van der Waals surface area (Å²) in [5.74, 6) is -1.74. The predicted molar refractivity (Wildman–Crippen MR) is 146 cm³/mol. The van der Waals surface area contributed by atoms with E-state index in [0.717, 1.165) is 27.1 Å². The normalized spacial score (nSPS) is 11.6. The van der Waals surface area contributed by atoms with Gasteiger partial charge < -0.3 is 19.0 Å². The second kappa shape index (κ2) is 9.16. The van der Waals surface area contributed by atoms with E-state index in [1.54, 1.807) is 48.2 Å². The summed E-state index contributed by atoms with van der Waals surface area (Å²) >= 11 is 1.54. The van der Waals surface area contributed by atoms with Crippen LogP contribution < -0.4 is 11.3 Å². The van der Waals surface area contributed by atoms with Gasteiger partial charge in [-0.15, -0.1) is 11.8 Å². The molecule has 7 heteroatoms. The third-order valence-electron chi connectivity index (χ3n) is 7.08. The van der Waals surface area contributed by atoms with Crippen LogP contribution in [0.25, 0.3) is 21.9 Å². The monoisotopic (exact) mass is 514 g/mol. The summed E-state index contributed by atoms with van der Waals surface area (Å²) in [5, 5.41) is 23.6. The van der Waals surface area contributed by atoms with E-state index < -0.39 is 17.2 Å². The van der Waals surface area contributed by atoms with E-state index >= 15 is 0 Å². The third kappa shape index (κ3) is 4.09. The first-order valence-corrected chi connectivity index (χ1v) is 13.0. The van der Waals surface area contributed by atoms with Crippen molar-refractivity contribution in [3.8, 4) is 11.5 Å². The number of rotatable bonds is 4. The Hall–Kier alpha value is -3.97. The summed E-state index contributed by atoms with van der Waals surface area (Å²) in [6.07, 6.45) is 1.94. The minimum atomic E-state index is -1.14. The average Bonchev–Trinajstić information content (AvgIpc) is 2.86. The Morgan fingerprint density at radius 1 is 0.676 bits per heavy atom. The van der Waals surface area contributed by atoms with Crippen LogP contribution in [0.5, 0.6) is 11.5 Å². The van der Waals surface area contributed by atoms with E-state index in [2.05, 4.69) is 0 Å². The first-order valence-electron chi connectivity index (χ1n) is 11.8. The molecule has 2 aromatic heterocycles. The number of fused-ring (bicyclic) bond motifs is 2. The second-order valence-corrected chi connectivity index (χ2v) is 10.3. The molecule has 0 saturated heterocycles. The second-order valence-electron chi connectivity index (χ2n) is 9.38. The Morgan fingerprint density at radius 3 is 1.49 bits per heavy atom. The largest absolute Gasteiger partial charge is 0.507 e. The van der Waals surface area contributed by atoms with Crippen LogP contribution in [0.15, 0.2) is 71.8 Å². The molecule has 0 amide bonds. The SMILES string of the molecule is CSc1ccc(C(c2c(O)c3cc(C)c(C)cc3oc2=O)c2c(O)c3cc(C)c(C)cc3oc2=O)cc1. The van der Waals surface area contributed by atoms with Crippen molar-refractivity contribution in [2.24, 2.45) is 0 Å². The molecule has 0 aliphatic heterocycles. The first kappa shape index (κ1) is 24.7. The zero-order valence-electron chi connectivity index (χ0n) is 21.1. The lowest BCUT2D eigenvalue weighted by molar-refractivity contribution is 0.441. The van der Waals surface area contributed by atoms with Gasteiger partial charge in [-0.1, -0.05) is 12.1 Å². The molecule has 0 radical (unpaired) electrons. The van der Waals surface area contributed by atoms with Gasteiger partial charge in [-0.2, -0.15) is 0 Å². The summed E-state index contributed by atoms with van der Waals surface area (Å²) in [7, 11) is 0. The number of hydrogen-bond acceptors (Lipinski definition) is 7. The van der Waals surface area contributed by atoms with Gasteiger partial charge in [-0.25, -0.2) is 9.59 Å². The summed E-state index contributed by atoms with van der Waals surface area (Å²) in [4.78, 5) is 27.8. The quantitative estimate of drug-likeness (QED) is 0.210. The van der Waals surface area contributed by atoms with Crippen molar-refractivity contribution in [1.82, 2.24) is 0 Å². The lowest BCUT2D eigenvalue weighted by Crippen LogP contribution is -2.21. The molecule has 2 N–H and O–H groups in total. The molecule has 188 valence electrons. The zero-order chi connectivity index (χ0) is 26.6. The van der Waals surface area contributed by atoms with Gasteiger partial charge in [0.2, 0.25) is 0 Å². The topological polar surface area (TPSA) is 101 Å². The molecule has 0 saturated carbocycles. The van der Waals surface area contributed by atoms with Crippen LogP contribution in [-0.4, -0.2) is 16.5 Å². The van der Waals surface area contributed by atoms with Crippen molar-refractivity contribution in [1.29, 1.82) is 0 Å². The number of benzene rings is 3. The predicted octanol–water partition coefficient (Wildman–Crippen LogP) is 6.45. The van der Waals surface area contributed by atoms with Gasteiger partial charge in [0.1, 0.15) is 22.7 Å². The van der Waals surface area contributed by atoms with Crippen molar-refractivity contribution in [2.75, 3.05) is 6.26 Å². The first-order chi connectivity index (χ1) is 17.6. The molecule has 5 rings (SSSR count). The van der Waals surface area contributed by atoms with Crippen LogP contribution in [0, 0.1) is 27.7 Å². The molecule has 0 unspecified atom stereocenters. The highest BCUT2D eigenvalue weighted by molar-refractivity contribution is 7.98. The Morgan fingerprint density at radius 2 is 1.08 bits per heavy atom. The fourth-order valence-corrected chi connectivity index (χ4v) is 5.10. The Bertz CT molecular complexity index is 1700. The van der Waals surface area contributed by atoms with E-state index in [4.69, 9.17) is 8.83 Å². The molecule has 6 nitrogen and oxygen atoms in total. The molecule has 3 aromatic carbocycles. The number of aryl methyl sites for hydroxylation is 4. The summed E-state index contributed by atoms with van der Waals surface area (Å²) < 4.78 is 11.3. The van der Waals surface area contributed by atoms with Crippen LogP contribution in [0.3, 0.4) is 0 Å². The molecule has 2 heterocycles. The summed E-state index contributed by atoms with van der Waals surface area (Å²) in [6, 6.07) is 14.1. The van der Waals surface area contributed by atoms with E-state index in [1.807, 2.05) is 46.1 Å². The fraction of sp³-hybridized carbons (Fsp3) is 0.200. The van der Waals surface area contributed by atoms with Gasteiger partial charge >= 0.3 is 11.3 Å². The summed E-state index contributed by atoms with van der Waals surface area (Å²) in [5.41, 5.74) is 2.75. The van der Waals surface area contributed by atoms with Crippen LogP contribution in [-0.2, 0) is 0 Å². The van der Waals surface area contributed by atoms with Gasteiger partial charge in [-0.3, -0.25) is 0 Å². The van der Waals surface area contributed by atoms with Crippen LogP contribution in [0.4, 0.5) is 0 Å². The van der Waals surface area contributed by atoms with Crippen molar-refractivity contribution in [3.05, 3.63) is 108 Å². The summed E-state index contributed by atoms with van der Waals surface area (Å²) in [6.45, 7) is 7.56. The maximum atomic E-state index is 13.4. The Balaban J connectivity index is 1.90. The molecular weight excluding hydrogens is 488 g/mol. The molecule has 0 atom stereocenters. The van der Waals surface area contributed by atoms with E-state index in [9.17, 15) is 19.8 Å². The van der Waals surface area contributed by atoms with Gasteiger partial charge in [0.15, 0.2) is 0 Å². The van der Waals surface area contributed by atoms with Gasteiger partial charge in [0.05, 0.1) is 27.8 Å². The van der Waals surface area contributed by atoms with Crippen molar-refractivity contribution in [3.63, 3.8) is 0 Å². The highest BCUT2D eigenvalue weighted by Crippen LogP contribution is 2.42. The van der Waals surface area contributed by atoms with Crippen molar-refractivity contribution < 1.29 is 19.0 Å². The van der Waals surface area contributed by atoms with Gasteiger partial charge in [0, 0.05) is 4.90 Å². The number of thioether (sulfide) groups is 1. The van der Waals surface area contributed by atoms with E-state index in [-0.39, 0.29) is 33.8 Å². The van der Waals surface area contributed by atoms with Crippen LogP contribution in [0.2, 0.25) is 0 Å². The van der Waals surface area contributed by atoms with Gasteiger partial charge in [0.25, 0.3) is 0 Å². The molecular formula is C30H26O6S. The zero-order valence-corrected chi connectivity index (χ0v) is 21.9. The molecule has 0 spiro atoms. The van der Waals surface area contributed by atoms with Crippen molar-refractivity contribution in [2.45, 2.75) is 38.5 Å². The number of aromatic hydroxyl groups is 2. The number of hydrogen-bond donors (Lipinski definition) is 2. The average molecular weight is 515 g/mol. The fourth-order valence-electron chi connectivity index (χ4n) is 4.69. The molecule has 0 bridgehead atoms. The molecule has 37 heavy (non-hydrogen) atoms. The molecule has 0 aliphatic carbocycles. The molecule has 5 aromatic rings. The Labute approximate surface area is 217 Å². The molecule has 0 fully saturated rings. The van der Waals surface area contributed by atoms with E-state index in [1.165, 1.54) is 0 Å². The van der Waals surface area contributed by atoms with Crippen LogP contribution >= 0.6 is 11.8 Å². The minimum Gasteiger partial charge on any atom is -0.507 e.